The number of rotatable bonds is 6. The maximum absolute atomic E-state index is 12.3. The fourth-order valence-electron chi connectivity index (χ4n) is 3.38. The second-order valence-corrected chi connectivity index (χ2v) is 6.78. The minimum absolute atomic E-state index is 0.0475. The lowest BCUT2D eigenvalue weighted by atomic mass is 9.97. The third kappa shape index (κ3) is 4.81. The number of carbonyl (C=O) groups excluding carboxylic acids is 1. The number of ether oxygens (including phenoxy) is 1. The number of anilines is 2. The van der Waals surface area contributed by atoms with Gasteiger partial charge in [-0.1, -0.05) is 13.3 Å². The zero-order valence-electron chi connectivity index (χ0n) is 15.1. The van der Waals surface area contributed by atoms with Crippen molar-refractivity contribution >= 4 is 17.5 Å². The number of amides is 1. The Balaban J connectivity index is 1.56. The summed E-state index contributed by atoms with van der Waals surface area (Å²) >= 11 is 0. The Kier molecular flexibility index (Phi) is 6.44. The summed E-state index contributed by atoms with van der Waals surface area (Å²) in [5.41, 5.74) is 0. The van der Waals surface area contributed by atoms with Crippen LogP contribution < -0.4 is 15.1 Å². The molecule has 0 saturated carbocycles. The highest BCUT2D eigenvalue weighted by atomic mass is 16.5. The van der Waals surface area contributed by atoms with Crippen molar-refractivity contribution in [2.24, 2.45) is 5.92 Å². The summed E-state index contributed by atoms with van der Waals surface area (Å²) in [6, 6.07) is 4.05. The maximum Gasteiger partial charge on any atom is 0.224 e. The minimum atomic E-state index is 0.0475. The number of nitrogens with one attached hydrogen (secondary N) is 1. The summed E-state index contributed by atoms with van der Waals surface area (Å²) in [6.45, 7) is 7.77. The Morgan fingerprint density at radius 2 is 1.92 bits per heavy atom. The van der Waals surface area contributed by atoms with Crippen LogP contribution in [0.15, 0.2) is 12.1 Å². The molecule has 0 radical (unpaired) electrons. The van der Waals surface area contributed by atoms with E-state index in [0.29, 0.717) is 0 Å². The smallest absolute Gasteiger partial charge is 0.224 e. The van der Waals surface area contributed by atoms with Crippen molar-refractivity contribution in [3.63, 3.8) is 0 Å². The summed E-state index contributed by atoms with van der Waals surface area (Å²) in [6.07, 6.45) is 4.10. The van der Waals surface area contributed by atoms with Crippen LogP contribution in [0.1, 0.15) is 32.6 Å². The van der Waals surface area contributed by atoms with Crippen LogP contribution in [0.25, 0.3) is 0 Å². The third-order valence-corrected chi connectivity index (χ3v) is 4.92. The zero-order valence-corrected chi connectivity index (χ0v) is 15.1. The fraction of sp³-hybridized carbons (Fsp3) is 0.722. The van der Waals surface area contributed by atoms with Crippen LogP contribution >= 0.6 is 0 Å². The average molecular weight is 347 g/mol. The predicted octanol–water partition coefficient (Wildman–Crippen LogP) is 1.45. The molecule has 1 aromatic heterocycles. The number of hydrogen-bond donors (Lipinski definition) is 1. The van der Waals surface area contributed by atoms with E-state index in [9.17, 15) is 4.79 Å². The molecule has 25 heavy (non-hydrogen) atoms. The molecule has 1 atom stereocenters. The summed E-state index contributed by atoms with van der Waals surface area (Å²) in [5, 5.41) is 11.9. The summed E-state index contributed by atoms with van der Waals surface area (Å²) in [4.78, 5) is 16.7. The third-order valence-electron chi connectivity index (χ3n) is 4.92. The van der Waals surface area contributed by atoms with Gasteiger partial charge in [0.2, 0.25) is 5.91 Å². The molecular formula is C18H29N5O2. The first-order chi connectivity index (χ1) is 12.3. The van der Waals surface area contributed by atoms with E-state index >= 15 is 0 Å². The molecule has 1 unspecified atom stereocenters. The van der Waals surface area contributed by atoms with E-state index in [4.69, 9.17) is 4.74 Å². The molecule has 2 aliphatic heterocycles. The molecule has 0 bridgehead atoms. The molecule has 3 rings (SSSR count). The molecule has 3 heterocycles. The lowest BCUT2D eigenvalue weighted by Crippen LogP contribution is -2.43. The minimum Gasteiger partial charge on any atom is -0.378 e. The van der Waals surface area contributed by atoms with Gasteiger partial charge in [-0.3, -0.25) is 4.79 Å². The van der Waals surface area contributed by atoms with Crippen molar-refractivity contribution in [3.8, 4) is 0 Å². The monoisotopic (exact) mass is 347 g/mol. The van der Waals surface area contributed by atoms with E-state index in [1.54, 1.807) is 0 Å². The fourth-order valence-corrected chi connectivity index (χ4v) is 3.38. The zero-order chi connectivity index (χ0) is 17.5. The van der Waals surface area contributed by atoms with Crippen LogP contribution in [-0.2, 0) is 9.53 Å². The van der Waals surface area contributed by atoms with Gasteiger partial charge in [-0.2, -0.15) is 0 Å². The molecule has 0 spiro atoms. The Labute approximate surface area is 149 Å². The molecule has 2 saturated heterocycles. The Bertz CT molecular complexity index is 545. The van der Waals surface area contributed by atoms with Crippen molar-refractivity contribution in [2.45, 2.75) is 32.6 Å². The van der Waals surface area contributed by atoms with E-state index in [1.165, 1.54) is 0 Å². The van der Waals surface area contributed by atoms with Crippen LogP contribution in [0.4, 0.5) is 11.6 Å². The van der Waals surface area contributed by atoms with Gasteiger partial charge in [-0.05, 0) is 31.4 Å². The van der Waals surface area contributed by atoms with Gasteiger partial charge in [0.05, 0.1) is 19.1 Å². The highest BCUT2D eigenvalue weighted by Gasteiger charge is 2.26. The number of hydrogen-bond acceptors (Lipinski definition) is 6. The number of nitrogens with zero attached hydrogens (tertiary/aromatic N) is 4. The van der Waals surface area contributed by atoms with E-state index in [1.807, 2.05) is 12.1 Å². The first-order valence-corrected chi connectivity index (χ1v) is 9.47. The van der Waals surface area contributed by atoms with Crippen LogP contribution in [-0.4, -0.2) is 62.0 Å². The van der Waals surface area contributed by atoms with Gasteiger partial charge < -0.3 is 19.9 Å². The van der Waals surface area contributed by atoms with Crippen molar-refractivity contribution in [1.29, 1.82) is 0 Å². The molecule has 138 valence electrons. The predicted molar refractivity (Wildman–Crippen MR) is 97.9 cm³/mol. The molecule has 7 heteroatoms. The Morgan fingerprint density at radius 1 is 1.20 bits per heavy atom. The van der Waals surface area contributed by atoms with Crippen molar-refractivity contribution in [3.05, 3.63) is 12.1 Å². The first kappa shape index (κ1) is 17.9. The van der Waals surface area contributed by atoms with E-state index in [2.05, 4.69) is 32.2 Å². The lowest BCUT2D eigenvalue weighted by Gasteiger charge is -2.33. The van der Waals surface area contributed by atoms with Crippen LogP contribution in [0.2, 0.25) is 0 Å². The largest absolute Gasteiger partial charge is 0.378 e. The van der Waals surface area contributed by atoms with E-state index < -0.39 is 0 Å². The van der Waals surface area contributed by atoms with Crippen molar-refractivity contribution < 1.29 is 9.53 Å². The summed E-state index contributed by atoms with van der Waals surface area (Å²) < 4.78 is 5.37. The Hall–Kier alpha value is -1.89. The maximum atomic E-state index is 12.3. The van der Waals surface area contributed by atoms with Crippen LogP contribution in [0.3, 0.4) is 0 Å². The van der Waals surface area contributed by atoms with Gasteiger partial charge in [0.25, 0.3) is 0 Å². The molecule has 1 N–H and O–H groups in total. The van der Waals surface area contributed by atoms with Gasteiger partial charge in [-0.15, -0.1) is 10.2 Å². The normalized spacial score (nSPS) is 21.2. The number of unbranched alkanes of at least 4 members (excludes halogenated alkanes) is 1. The molecule has 1 amide bonds. The molecule has 0 aromatic carbocycles. The van der Waals surface area contributed by atoms with Gasteiger partial charge in [0.15, 0.2) is 11.6 Å². The van der Waals surface area contributed by atoms with E-state index in [-0.39, 0.29) is 11.8 Å². The highest BCUT2D eigenvalue weighted by Crippen LogP contribution is 2.23. The van der Waals surface area contributed by atoms with Crippen molar-refractivity contribution in [1.82, 2.24) is 15.5 Å². The standard InChI is InChI=1S/C18H29N5O2/c1-2-3-8-19-18(24)15-5-4-9-23(14-15)17-7-6-16(20-21-17)22-10-12-25-13-11-22/h6-7,15H,2-5,8-14H2,1H3,(H,19,24). The summed E-state index contributed by atoms with van der Waals surface area (Å²) in [7, 11) is 0. The topological polar surface area (TPSA) is 70.6 Å². The molecule has 1 aromatic rings. The molecule has 2 aliphatic rings. The van der Waals surface area contributed by atoms with Gasteiger partial charge in [0.1, 0.15) is 0 Å². The first-order valence-electron chi connectivity index (χ1n) is 9.47. The van der Waals surface area contributed by atoms with Crippen LogP contribution in [0, 0.1) is 5.92 Å². The van der Waals surface area contributed by atoms with Gasteiger partial charge in [0, 0.05) is 32.7 Å². The summed E-state index contributed by atoms with van der Waals surface area (Å²) in [5.74, 6) is 1.99. The second kappa shape index (κ2) is 8.99. The molecule has 2 fully saturated rings. The molecular weight excluding hydrogens is 318 g/mol. The molecule has 7 nitrogen and oxygen atoms in total. The van der Waals surface area contributed by atoms with E-state index in [0.717, 1.165) is 83.3 Å². The average Bonchev–Trinajstić information content (AvgIpc) is 2.69. The van der Waals surface area contributed by atoms with Crippen molar-refractivity contribution in [2.75, 3.05) is 55.7 Å². The molecule has 0 aliphatic carbocycles. The Morgan fingerprint density at radius 3 is 2.60 bits per heavy atom. The van der Waals surface area contributed by atoms with Gasteiger partial charge >= 0.3 is 0 Å². The SMILES string of the molecule is CCCCNC(=O)C1CCCN(c2ccc(N3CCOCC3)nn2)C1. The number of piperidine rings is 1. The highest BCUT2D eigenvalue weighted by molar-refractivity contribution is 5.79. The number of carbonyl (C=O) groups is 1. The second-order valence-electron chi connectivity index (χ2n) is 6.78. The van der Waals surface area contributed by atoms with Gasteiger partial charge in [-0.25, -0.2) is 0 Å². The van der Waals surface area contributed by atoms with Crippen LogP contribution in [0.5, 0.6) is 0 Å². The quantitative estimate of drug-likeness (QED) is 0.786. The lowest BCUT2D eigenvalue weighted by molar-refractivity contribution is -0.125. The number of morpholine rings is 1. The number of aromatic nitrogens is 2.